The topological polar surface area (TPSA) is 69.7 Å². The van der Waals surface area contributed by atoms with Gasteiger partial charge in [-0.05, 0) is 37.1 Å². The van der Waals surface area contributed by atoms with E-state index in [1.54, 1.807) is 6.20 Å². The lowest BCUT2D eigenvalue weighted by atomic mass is 10.1. The summed E-state index contributed by atoms with van der Waals surface area (Å²) in [6, 6.07) is 18.5. The molecule has 0 amide bonds. The average Bonchev–Trinajstić information content (AvgIpc) is 3.13. The van der Waals surface area contributed by atoms with Crippen LogP contribution in [0, 0.1) is 0 Å². The van der Waals surface area contributed by atoms with Crippen LogP contribution in [0.1, 0.15) is 12.5 Å². The van der Waals surface area contributed by atoms with Crippen molar-refractivity contribution in [3.8, 4) is 0 Å². The highest BCUT2D eigenvalue weighted by atomic mass is 15.3. The molecule has 2 aromatic heterocycles. The second-order valence-electron chi connectivity index (χ2n) is 6.26. The summed E-state index contributed by atoms with van der Waals surface area (Å²) in [6.45, 7) is 3.62. The van der Waals surface area contributed by atoms with Crippen LogP contribution in [0.2, 0.25) is 0 Å². The molecule has 27 heavy (non-hydrogen) atoms. The van der Waals surface area contributed by atoms with Crippen LogP contribution in [0.4, 0.5) is 17.5 Å². The number of H-pyrrole nitrogens is 1. The first-order valence-electron chi connectivity index (χ1n) is 9.16. The van der Waals surface area contributed by atoms with Crippen LogP contribution in [0.25, 0.3) is 10.9 Å². The maximum Gasteiger partial charge on any atom is 0.251 e. The van der Waals surface area contributed by atoms with Gasteiger partial charge in [0.15, 0.2) is 5.82 Å². The maximum atomic E-state index is 4.63. The van der Waals surface area contributed by atoms with E-state index in [1.165, 1.54) is 16.5 Å². The first-order chi connectivity index (χ1) is 13.3. The zero-order valence-electron chi connectivity index (χ0n) is 15.3. The maximum absolute atomic E-state index is 4.63. The smallest absolute Gasteiger partial charge is 0.251 e. The first kappa shape index (κ1) is 17.0. The van der Waals surface area contributed by atoms with E-state index in [2.05, 4.69) is 56.8 Å². The van der Waals surface area contributed by atoms with Crippen LogP contribution in [0.3, 0.4) is 0 Å². The second kappa shape index (κ2) is 7.86. The number of para-hydroxylation sites is 2. The van der Waals surface area contributed by atoms with Crippen LogP contribution in [-0.2, 0) is 6.42 Å². The van der Waals surface area contributed by atoms with Crippen molar-refractivity contribution in [2.75, 3.05) is 23.3 Å². The SMILES string of the molecule is CCN(c1ccccc1)c1nncc(NCCc2c[nH]c3ccccc23)n1. The highest BCUT2D eigenvalue weighted by Crippen LogP contribution is 2.22. The van der Waals surface area contributed by atoms with Gasteiger partial charge in [0.1, 0.15) is 0 Å². The van der Waals surface area contributed by atoms with E-state index in [0.717, 1.165) is 31.0 Å². The molecule has 6 nitrogen and oxygen atoms in total. The lowest BCUT2D eigenvalue weighted by molar-refractivity contribution is 0.879. The van der Waals surface area contributed by atoms with Gasteiger partial charge in [0.25, 0.3) is 5.95 Å². The summed E-state index contributed by atoms with van der Waals surface area (Å²) in [5.74, 6) is 1.33. The molecule has 0 saturated heterocycles. The second-order valence-corrected chi connectivity index (χ2v) is 6.26. The number of aromatic amines is 1. The number of nitrogens with zero attached hydrogens (tertiary/aromatic N) is 4. The summed E-state index contributed by atoms with van der Waals surface area (Å²) in [6.07, 6.45) is 4.64. The molecule has 4 rings (SSSR count). The molecule has 136 valence electrons. The molecule has 0 aliphatic rings. The quantitative estimate of drug-likeness (QED) is 0.519. The lowest BCUT2D eigenvalue weighted by Gasteiger charge is -2.20. The standard InChI is InChI=1S/C21H22N6/c1-2-27(17-8-4-3-5-9-17)21-25-20(15-24-26-21)22-13-12-16-14-23-19-11-7-6-10-18(16)19/h3-11,14-15,23H,2,12-13H2,1H3,(H,22,25,26). The first-order valence-corrected chi connectivity index (χ1v) is 9.16. The zero-order chi connectivity index (χ0) is 18.5. The number of aromatic nitrogens is 4. The van der Waals surface area contributed by atoms with Gasteiger partial charge in [0.05, 0.1) is 6.20 Å². The molecule has 0 saturated carbocycles. The van der Waals surface area contributed by atoms with Crippen molar-refractivity contribution in [3.63, 3.8) is 0 Å². The van der Waals surface area contributed by atoms with Gasteiger partial charge in [-0.15, -0.1) is 5.10 Å². The molecule has 0 unspecified atom stereocenters. The molecule has 0 aliphatic heterocycles. The Morgan fingerprint density at radius 2 is 1.85 bits per heavy atom. The monoisotopic (exact) mass is 358 g/mol. The number of nitrogens with one attached hydrogen (secondary N) is 2. The van der Waals surface area contributed by atoms with Gasteiger partial charge in [0.2, 0.25) is 0 Å². The molecule has 0 atom stereocenters. The van der Waals surface area contributed by atoms with Gasteiger partial charge in [-0.3, -0.25) is 0 Å². The summed E-state index contributed by atoms with van der Waals surface area (Å²) < 4.78 is 0. The molecule has 0 spiro atoms. The Balaban J connectivity index is 1.45. The number of hydrogen-bond acceptors (Lipinski definition) is 5. The van der Waals surface area contributed by atoms with Crippen molar-refractivity contribution in [2.24, 2.45) is 0 Å². The normalized spacial score (nSPS) is 10.9. The van der Waals surface area contributed by atoms with Crippen molar-refractivity contribution in [1.82, 2.24) is 20.2 Å². The van der Waals surface area contributed by atoms with Crippen molar-refractivity contribution in [2.45, 2.75) is 13.3 Å². The van der Waals surface area contributed by atoms with Crippen LogP contribution in [-0.4, -0.2) is 33.3 Å². The van der Waals surface area contributed by atoms with Crippen molar-refractivity contribution < 1.29 is 0 Å². The molecule has 2 heterocycles. The Labute approximate surface area is 158 Å². The third-order valence-corrected chi connectivity index (χ3v) is 4.55. The van der Waals surface area contributed by atoms with E-state index < -0.39 is 0 Å². The zero-order valence-corrected chi connectivity index (χ0v) is 15.3. The average molecular weight is 358 g/mol. The highest BCUT2D eigenvalue weighted by molar-refractivity contribution is 5.83. The molecule has 0 fully saturated rings. The van der Waals surface area contributed by atoms with Crippen LogP contribution in [0.15, 0.2) is 67.0 Å². The molecule has 6 heteroatoms. The van der Waals surface area contributed by atoms with E-state index >= 15 is 0 Å². The molecule has 4 aromatic rings. The molecular formula is C21H22N6. The Morgan fingerprint density at radius 3 is 2.70 bits per heavy atom. The van der Waals surface area contributed by atoms with Crippen LogP contribution in [0.5, 0.6) is 0 Å². The van der Waals surface area contributed by atoms with E-state index in [9.17, 15) is 0 Å². The number of hydrogen-bond donors (Lipinski definition) is 2. The van der Waals surface area contributed by atoms with Crippen LogP contribution < -0.4 is 10.2 Å². The Morgan fingerprint density at radius 1 is 1.04 bits per heavy atom. The number of benzene rings is 2. The van der Waals surface area contributed by atoms with Gasteiger partial charge >= 0.3 is 0 Å². The summed E-state index contributed by atoms with van der Waals surface area (Å²) in [5.41, 5.74) is 3.51. The summed E-state index contributed by atoms with van der Waals surface area (Å²) in [7, 11) is 0. The van der Waals surface area contributed by atoms with Gasteiger partial charge in [-0.2, -0.15) is 10.1 Å². The highest BCUT2D eigenvalue weighted by Gasteiger charge is 2.11. The lowest BCUT2D eigenvalue weighted by Crippen LogP contribution is -2.20. The fourth-order valence-corrected chi connectivity index (χ4v) is 3.20. The molecule has 2 N–H and O–H groups in total. The Hall–Kier alpha value is -3.41. The number of fused-ring (bicyclic) bond motifs is 1. The number of rotatable bonds is 7. The predicted molar refractivity (Wildman–Crippen MR) is 109 cm³/mol. The molecule has 0 radical (unpaired) electrons. The van der Waals surface area contributed by atoms with Gasteiger partial charge in [-0.1, -0.05) is 36.4 Å². The number of anilines is 3. The van der Waals surface area contributed by atoms with Crippen molar-refractivity contribution in [1.29, 1.82) is 0 Å². The van der Waals surface area contributed by atoms with Crippen molar-refractivity contribution in [3.05, 3.63) is 72.6 Å². The minimum absolute atomic E-state index is 0.598. The fraction of sp³-hybridized carbons (Fsp3) is 0.190. The van der Waals surface area contributed by atoms with E-state index in [1.807, 2.05) is 41.3 Å². The largest absolute Gasteiger partial charge is 0.368 e. The summed E-state index contributed by atoms with van der Waals surface area (Å²) in [4.78, 5) is 9.99. The molecule has 0 aliphatic carbocycles. The van der Waals surface area contributed by atoms with Crippen LogP contribution >= 0.6 is 0 Å². The van der Waals surface area contributed by atoms with Gasteiger partial charge in [-0.25, -0.2) is 0 Å². The Kier molecular flexibility index (Phi) is 4.96. The van der Waals surface area contributed by atoms with E-state index in [-0.39, 0.29) is 0 Å². The third kappa shape index (κ3) is 3.74. The van der Waals surface area contributed by atoms with Gasteiger partial charge in [0, 0.05) is 35.9 Å². The molecule has 2 aromatic carbocycles. The third-order valence-electron chi connectivity index (χ3n) is 4.55. The molecular weight excluding hydrogens is 336 g/mol. The minimum Gasteiger partial charge on any atom is -0.368 e. The molecule has 0 bridgehead atoms. The minimum atomic E-state index is 0.598. The fourth-order valence-electron chi connectivity index (χ4n) is 3.20. The Bertz CT molecular complexity index is 1010. The predicted octanol–water partition coefficient (Wildman–Crippen LogP) is 4.17. The summed E-state index contributed by atoms with van der Waals surface area (Å²) >= 11 is 0. The van der Waals surface area contributed by atoms with Crippen molar-refractivity contribution >= 4 is 28.4 Å². The summed E-state index contributed by atoms with van der Waals surface area (Å²) in [5, 5.41) is 13.0. The van der Waals surface area contributed by atoms with Gasteiger partial charge < -0.3 is 15.2 Å². The van der Waals surface area contributed by atoms with E-state index in [4.69, 9.17) is 0 Å². The van der Waals surface area contributed by atoms with E-state index in [0.29, 0.717) is 5.95 Å².